The van der Waals surface area contributed by atoms with Crippen LogP contribution >= 0.6 is 15.9 Å². The Kier molecular flexibility index (Phi) is 10.7. The van der Waals surface area contributed by atoms with E-state index in [-0.39, 0.29) is 0 Å². The number of unbranched alkanes of at least 4 members (excludes halogenated alkanes) is 10. The van der Waals surface area contributed by atoms with Gasteiger partial charge in [0.1, 0.15) is 0 Å². The predicted octanol–water partition coefficient (Wildman–Crippen LogP) is 6.43. The Bertz CT molecular complexity index is 358. The third kappa shape index (κ3) is 8.57. The van der Waals surface area contributed by atoms with Gasteiger partial charge in [0.25, 0.3) is 0 Å². The van der Waals surface area contributed by atoms with Gasteiger partial charge in [-0.1, -0.05) is 70.8 Å². The van der Waals surface area contributed by atoms with E-state index >= 15 is 0 Å². The summed E-state index contributed by atoms with van der Waals surface area (Å²) in [4.78, 5) is 4.12. The number of rotatable bonds is 12. The Hall–Kier alpha value is -0.570. The van der Waals surface area contributed by atoms with Crippen LogP contribution in [-0.4, -0.2) is 9.55 Å². The molecule has 0 bridgehead atoms. The van der Waals surface area contributed by atoms with Gasteiger partial charge in [0.15, 0.2) is 4.73 Å². The first-order valence-corrected chi connectivity index (χ1v) is 8.99. The van der Waals surface area contributed by atoms with Gasteiger partial charge in [-0.3, -0.25) is 0 Å². The van der Waals surface area contributed by atoms with E-state index in [1.54, 1.807) is 6.20 Å². The van der Waals surface area contributed by atoms with Gasteiger partial charge in [0, 0.05) is 18.6 Å². The minimum Gasteiger partial charge on any atom is -0.302 e. The Morgan fingerprint density at radius 1 is 1.00 bits per heavy atom. The number of allylic oxidation sites excluding steroid dienone is 1. The van der Waals surface area contributed by atoms with Crippen LogP contribution in [0, 0.1) is 0 Å². The van der Waals surface area contributed by atoms with Crippen molar-refractivity contribution in [2.24, 2.45) is 0 Å². The van der Waals surface area contributed by atoms with Crippen molar-refractivity contribution >= 4 is 22.1 Å². The largest absolute Gasteiger partial charge is 0.302 e. The van der Waals surface area contributed by atoms with E-state index in [1.165, 1.54) is 70.6 Å². The molecule has 20 heavy (non-hydrogen) atoms. The zero-order valence-corrected chi connectivity index (χ0v) is 14.4. The molecule has 0 aliphatic heterocycles. The molecule has 1 aromatic heterocycles. The van der Waals surface area contributed by atoms with Gasteiger partial charge in [0.05, 0.1) is 0 Å². The number of hydrogen-bond acceptors (Lipinski definition) is 1. The Balaban J connectivity index is 1.85. The molecule has 0 fully saturated rings. The van der Waals surface area contributed by atoms with Crippen LogP contribution in [0.4, 0.5) is 0 Å². The summed E-state index contributed by atoms with van der Waals surface area (Å²) >= 11 is 3.40. The maximum atomic E-state index is 4.12. The van der Waals surface area contributed by atoms with E-state index in [4.69, 9.17) is 0 Å². The maximum absolute atomic E-state index is 4.12. The third-order valence-corrected chi connectivity index (χ3v) is 4.23. The van der Waals surface area contributed by atoms with Gasteiger partial charge in [0.2, 0.25) is 0 Å². The van der Waals surface area contributed by atoms with Crippen LogP contribution in [-0.2, 0) is 0 Å². The van der Waals surface area contributed by atoms with Crippen molar-refractivity contribution in [3.05, 3.63) is 23.2 Å². The third-order valence-electron chi connectivity index (χ3n) is 3.61. The molecular weight excluding hydrogens is 312 g/mol. The summed E-state index contributed by atoms with van der Waals surface area (Å²) in [5.74, 6) is 0. The lowest BCUT2D eigenvalue weighted by Crippen LogP contribution is -1.84. The first kappa shape index (κ1) is 17.5. The SMILES string of the molecule is CCCCCCCCCCCCC=Cn1ccnc1Br. The molecule has 1 heterocycles. The molecule has 1 rings (SSSR count). The van der Waals surface area contributed by atoms with Gasteiger partial charge in [-0.25, -0.2) is 4.98 Å². The minimum atomic E-state index is 0.872. The summed E-state index contributed by atoms with van der Waals surface area (Å²) in [7, 11) is 0. The van der Waals surface area contributed by atoms with Crippen molar-refractivity contribution in [3.8, 4) is 0 Å². The molecule has 3 heteroatoms. The van der Waals surface area contributed by atoms with E-state index in [2.05, 4.69) is 40.1 Å². The summed E-state index contributed by atoms with van der Waals surface area (Å²) in [5, 5.41) is 0. The first-order valence-electron chi connectivity index (χ1n) is 8.19. The summed E-state index contributed by atoms with van der Waals surface area (Å²) in [6, 6.07) is 0. The molecule has 0 amide bonds. The summed E-state index contributed by atoms with van der Waals surface area (Å²) in [6.45, 7) is 2.28. The number of imidazole rings is 1. The Labute approximate surface area is 132 Å². The molecule has 0 radical (unpaired) electrons. The monoisotopic (exact) mass is 340 g/mol. The van der Waals surface area contributed by atoms with Crippen molar-refractivity contribution in [2.75, 3.05) is 0 Å². The number of hydrogen-bond donors (Lipinski definition) is 0. The molecule has 1 aromatic rings. The average Bonchev–Trinajstić information content (AvgIpc) is 2.85. The molecule has 0 aliphatic carbocycles. The second-order valence-electron chi connectivity index (χ2n) is 5.46. The molecule has 0 atom stereocenters. The molecule has 0 unspecified atom stereocenters. The van der Waals surface area contributed by atoms with Crippen molar-refractivity contribution < 1.29 is 0 Å². The Morgan fingerprint density at radius 2 is 1.60 bits per heavy atom. The number of halogens is 1. The topological polar surface area (TPSA) is 17.8 Å². The molecule has 2 nitrogen and oxygen atoms in total. The highest BCUT2D eigenvalue weighted by Gasteiger charge is 1.93. The fourth-order valence-electron chi connectivity index (χ4n) is 2.34. The number of nitrogens with zero attached hydrogens (tertiary/aromatic N) is 2. The zero-order valence-electron chi connectivity index (χ0n) is 12.9. The van der Waals surface area contributed by atoms with Crippen molar-refractivity contribution in [1.82, 2.24) is 9.55 Å². The predicted molar refractivity (Wildman–Crippen MR) is 91.7 cm³/mol. The van der Waals surface area contributed by atoms with E-state index in [9.17, 15) is 0 Å². The van der Waals surface area contributed by atoms with Crippen molar-refractivity contribution in [3.63, 3.8) is 0 Å². The smallest absolute Gasteiger partial charge is 0.181 e. The highest BCUT2D eigenvalue weighted by molar-refractivity contribution is 9.10. The first-order chi connectivity index (χ1) is 9.84. The average molecular weight is 341 g/mol. The standard InChI is InChI=1S/C17H29BrN2/c1-2-3-4-5-6-7-8-9-10-11-12-13-15-20-16-14-19-17(20)18/h13-16H,2-12H2,1H3. The van der Waals surface area contributed by atoms with Gasteiger partial charge in [-0.05, 0) is 28.8 Å². The Morgan fingerprint density at radius 3 is 2.15 bits per heavy atom. The van der Waals surface area contributed by atoms with E-state index in [0.29, 0.717) is 0 Å². The molecule has 114 valence electrons. The molecule has 0 aliphatic rings. The van der Waals surface area contributed by atoms with Crippen molar-refractivity contribution in [1.29, 1.82) is 0 Å². The molecular formula is C17H29BrN2. The highest BCUT2D eigenvalue weighted by atomic mass is 79.9. The van der Waals surface area contributed by atoms with Gasteiger partial charge in [-0.15, -0.1) is 0 Å². The van der Waals surface area contributed by atoms with E-state index < -0.39 is 0 Å². The van der Waals surface area contributed by atoms with Crippen LogP contribution in [0.25, 0.3) is 6.20 Å². The van der Waals surface area contributed by atoms with Crippen LogP contribution in [0.15, 0.2) is 23.2 Å². The fraction of sp³-hybridized carbons (Fsp3) is 0.706. The van der Waals surface area contributed by atoms with Gasteiger partial charge < -0.3 is 4.57 Å². The van der Waals surface area contributed by atoms with Crippen molar-refractivity contribution in [2.45, 2.75) is 77.6 Å². The quantitative estimate of drug-likeness (QED) is 0.401. The van der Waals surface area contributed by atoms with Crippen LogP contribution in [0.1, 0.15) is 77.6 Å². The van der Waals surface area contributed by atoms with Crippen LogP contribution in [0.2, 0.25) is 0 Å². The summed E-state index contributed by atoms with van der Waals surface area (Å²) in [5.41, 5.74) is 0. The maximum Gasteiger partial charge on any atom is 0.181 e. The highest BCUT2D eigenvalue weighted by Crippen LogP contribution is 2.12. The molecule has 0 aromatic carbocycles. The lowest BCUT2D eigenvalue weighted by molar-refractivity contribution is 0.557. The van der Waals surface area contributed by atoms with Gasteiger partial charge >= 0.3 is 0 Å². The molecule has 0 spiro atoms. The van der Waals surface area contributed by atoms with Gasteiger partial charge in [-0.2, -0.15) is 0 Å². The second-order valence-corrected chi connectivity index (χ2v) is 6.17. The van der Waals surface area contributed by atoms with E-state index in [1.807, 2.05) is 10.8 Å². The molecule has 0 saturated carbocycles. The lowest BCUT2D eigenvalue weighted by Gasteiger charge is -2.01. The lowest BCUT2D eigenvalue weighted by atomic mass is 10.1. The normalized spacial score (nSPS) is 11.5. The van der Waals surface area contributed by atoms with Crippen LogP contribution in [0.3, 0.4) is 0 Å². The second kappa shape index (κ2) is 12.2. The fourth-order valence-corrected chi connectivity index (χ4v) is 2.70. The summed E-state index contributed by atoms with van der Waals surface area (Å²) in [6.07, 6.45) is 23.2. The summed E-state index contributed by atoms with van der Waals surface area (Å²) < 4.78 is 2.87. The molecule has 0 saturated heterocycles. The number of aromatic nitrogens is 2. The zero-order chi connectivity index (χ0) is 14.5. The van der Waals surface area contributed by atoms with E-state index in [0.717, 1.165) is 4.73 Å². The molecule has 0 N–H and O–H groups in total. The van der Waals surface area contributed by atoms with Crippen LogP contribution < -0.4 is 0 Å². The minimum absolute atomic E-state index is 0.872. The van der Waals surface area contributed by atoms with Crippen LogP contribution in [0.5, 0.6) is 0 Å².